The molecule has 0 aromatic carbocycles. The number of aromatic nitrogens is 4. The molecule has 6 nitrogen and oxygen atoms in total. The zero-order chi connectivity index (χ0) is 14.3. The first-order valence-electron chi connectivity index (χ1n) is 6.24. The van der Waals surface area contributed by atoms with Gasteiger partial charge in [0.15, 0.2) is 5.65 Å². The van der Waals surface area contributed by atoms with Crippen molar-refractivity contribution < 1.29 is 13.2 Å². The number of halogens is 3. The Morgan fingerprint density at radius 1 is 1.30 bits per heavy atom. The van der Waals surface area contributed by atoms with E-state index in [-0.39, 0.29) is 11.7 Å². The molecule has 20 heavy (non-hydrogen) atoms. The molecule has 108 valence electrons. The van der Waals surface area contributed by atoms with Crippen molar-refractivity contribution >= 4 is 11.5 Å². The Bertz CT molecular complexity index is 622. The molecule has 1 aliphatic heterocycles. The molecule has 0 radical (unpaired) electrons. The molecule has 0 saturated carbocycles. The van der Waals surface area contributed by atoms with Gasteiger partial charge < -0.3 is 10.2 Å². The maximum atomic E-state index is 12.8. The van der Waals surface area contributed by atoms with Crippen molar-refractivity contribution in [1.29, 1.82) is 0 Å². The molecule has 0 bridgehead atoms. The van der Waals surface area contributed by atoms with E-state index in [4.69, 9.17) is 0 Å². The highest BCUT2D eigenvalue weighted by molar-refractivity contribution is 5.47. The van der Waals surface area contributed by atoms with Gasteiger partial charge in [-0.05, 0) is 19.1 Å². The second kappa shape index (κ2) is 4.58. The number of fused-ring (bicyclic) bond motifs is 1. The molecule has 0 aliphatic carbocycles. The first-order valence-corrected chi connectivity index (χ1v) is 6.24. The summed E-state index contributed by atoms with van der Waals surface area (Å²) < 4.78 is 39.2. The van der Waals surface area contributed by atoms with Gasteiger partial charge in [0, 0.05) is 25.7 Å². The lowest BCUT2D eigenvalue weighted by Gasteiger charge is -2.34. The smallest absolute Gasteiger partial charge is 0.350 e. The van der Waals surface area contributed by atoms with E-state index in [9.17, 15) is 13.2 Å². The van der Waals surface area contributed by atoms with Gasteiger partial charge in [-0.3, -0.25) is 0 Å². The maximum Gasteiger partial charge on any atom is 0.453 e. The van der Waals surface area contributed by atoms with Crippen LogP contribution >= 0.6 is 0 Å². The number of nitrogens with one attached hydrogen (secondary N) is 1. The Hall–Kier alpha value is -1.90. The number of rotatable bonds is 1. The summed E-state index contributed by atoms with van der Waals surface area (Å²) in [5.74, 6) is -0.603. The van der Waals surface area contributed by atoms with Crippen LogP contribution in [-0.4, -0.2) is 45.5 Å². The lowest BCUT2D eigenvalue weighted by atomic mass is 10.2. The summed E-state index contributed by atoms with van der Waals surface area (Å²) in [7, 11) is 0. The van der Waals surface area contributed by atoms with Crippen LogP contribution in [0.25, 0.3) is 5.65 Å². The summed E-state index contributed by atoms with van der Waals surface area (Å²) in [6.07, 6.45) is -4.57. The van der Waals surface area contributed by atoms with Crippen LogP contribution in [0.4, 0.5) is 19.0 Å². The minimum Gasteiger partial charge on any atom is -0.350 e. The fourth-order valence-corrected chi connectivity index (χ4v) is 2.29. The van der Waals surface area contributed by atoms with E-state index in [2.05, 4.69) is 20.6 Å². The number of alkyl halides is 3. The van der Waals surface area contributed by atoms with Crippen LogP contribution in [0, 0.1) is 0 Å². The van der Waals surface area contributed by atoms with Crippen molar-refractivity contribution in [2.75, 3.05) is 24.5 Å². The Balaban J connectivity index is 2.05. The van der Waals surface area contributed by atoms with E-state index < -0.39 is 12.0 Å². The zero-order valence-corrected chi connectivity index (χ0v) is 10.7. The van der Waals surface area contributed by atoms with E-state index in [1.54, 1.807) is 6.07 Å². The lowest BCUT2D eigenvalue weighted by molar-refractivity contribution is -0.146. The number of anilines is 1. The van der Waals surface area contributed by atoms with Crippen LogP contribution in [0.2, 0.25) is 0 Å². The molecular weight excluding hydrogens is 273 g/mol. The first kappa shape index (κ1) is 13.1. The van der Waals surface area contributed by atoms with E-state index in [0.29, 0.717) is 12.4 Å². The van der Waals surface area contributed by atoms with Crippen LogP contribution in [0.1, 0.15) is 12.7 Å². The Morgan fingerprint density at radius 3 is 2.80 bits per heavy atom. The highest BCUT2D eigenvalue weighted by Gasteiger charge is 2.37. The van der Waals surface area contributed by atoms with Gasteiger partial charge in [-0.25, -0.2) is 0 Å². The van der Waals surface area contributed by atoms with Gasteiger partial charge in [0.1, 0.15) is 5.82 Å². The fourth-order valence-electron chi connectivity index (χ4n) is 2.29. The van der Waals surface area contributed by atoms with Crippen LogP contribution in [0.15, 0.2) is 12.1 Å². The summed E-state index contributed by atoms with van der Waals surface area (Å²) in [4.78, 5) is 1.97. The van der Waals surface area contributed by atoms with E-state index >= 15 is 0 Å². The number of nitrogens with zero attached hydrogens (tertiary/aromatic N) is 5. The molecule has 1 fully saturated rings. The van der Waals surface area contributed by atoms with Gasteiger partial charge in [-0.15, -0.1) is 15.3 Å². The molecule has 0 amide bonds. The number of piperazine rings is 1. The summed E-state index contributed by atoms with van der Waals surface area (Å²) in [6, 6.07) is 3.34. The van der Waals surface area contributed by atoms with Crippen molar-refractivity contribution in [3.05, 3.63) is 18.0 Å². The molecule has 2 aromatic heterocycles. The predicted octanol–water partition coefficient (Wildman–Crippen LogP) is 0.941. The molecule has 1 atom stereocenters. The molecule has 2 aromatic rings. The molecule has 1 N–H and O–H groups in total. The molecule has 1 saturated heterocycles. The first-order chi connectivity index (χ1) is 9.47. The highest BCUT2D eigenvalue weighted by Crippen LogP contribution is 2.28. The molecule has 1 aliphatic rings. The molecular formula is C11H13F3N6. The third-order valence-electron chi connectivity index (χ3n) is 3.30. The molecule has 3 heterocycles. The quantitative estimate of drug-likeness (QED) is 0.845. The summed E-state index contributed by atoms with van der Waals surface area (Å²) in [5, 5.41) is 13.9. The topological polar surface area (TPSA) is 58.3 Å². The number of hydrogen-bond acceptors (Lipinski definition) is 5. The van der Waals surface area contributed by atoms with Crippen LogP contribution in [-0.2, 0) is 6.18 Å². The van der Waals surface area contributed by atoms with E-state index in [0.717, 1.165) is 17.6 Å². The van der Waals surface area contributed by atoms with Gasteiger partial charge >= 0.3 is 6.18 Å². The molecule has 3 rings (SSSR count). The van der Waals surface area contributed by atoms with Crippen molar-refractivity contribution in [2.24, 2.45) is 0 Å². The third kappa shape index (κ3) is 2.17. The van der Waals surface area contributed by atoms with Gasteiger partial charge in [0.2, 0.25) is 0 Å². The lowest BCUT2D eigenvalue weighted by Crippen LogP contribution is -2.50. The Labute approximate surface area is 112 Å². The highest BCUT2D eigenvalue weighted by atomic mass is 19.4. The summed E-state index contributed by atoms with van der Waals surface area (Å²) in [5.41, 5.74) is 0.0869. The van der Waals surface area contributed by atoms with Gasteiger partial charge in [-0.2, -0.15) is 17.7 Å². The average molecular weight is 286 g/mol. The molecule has 0 unspecified atom stereocenters. The monoisotopic (exact) mass is 286 g/mol. The Kier molecular flexibility index (Phi) is 3.00. The van der Waals surface area contributed by atoms with Crippen LogP contribution in [0.3, 0.4) is 0 Å². The standard InChI is InChI=1S/C11H13F3N6/c1-7-6-15-4-5-19(7)9-3-2-8-16-17-10(11(12,13)14)20(8)18-9/h2-3,7,15H,4-6H2,1H3/t7-/m1/s1. The minimum atomic E-state index is -4.57. The Morgan fingerprint density at radius 2 is 2.10 bits per heavy atom. The van der Waals surface area contributed by atoms with Crippen molar-refractivity contribution in [2.45, 2.75) is 19.1 Å². The second-order valence-corrected chi connectivity index (χ2v) is 4.73. The molecule has 9 heteroatoms. The van der Waals surface area contributed by atoms with E-state index in [1.807, 2.05) is 11.8 Å². The summed E-state index contributed by atoms with van der Waals surface area (Å²) in [6.45, 7) is 4.24. The van der Waals surface area contributed by atoms with Crippen molar-refractivity contribution in [1.82, 2.24) is 25.1 Å². The second-order valence-electron chi connectivity index (χ2n) is 4.73. The van der Waals surface area contributed by atoms with Gasteiger partial charge in [0.05, 0.1) is 0 Å². The fraction of sp³-hybridized carbons (Fsp3) is 0.545. The van der Waals surface area contributed by atoms with Crippen molar-refractivity contribution in [3.8, 4) is 0 Å². The van der Waals surface area contributed by atoms with Crippen LogP contribution in [0.5, 0.6) is 0 Å². The van der Waals surface area contributed by atoms with Crippen LogP contribution < -0.4 is 10.2 Å². The largest absolute Gasteiger partial charge is 0.453 e. The van der Waals surface area contributed by atoms with Gasteiger partial charge in [0.25, 0.3) is 5.82 Å². The predicted molar refractivity (Wildman–Crippen MR) is 65.5 cm³/mol. The zero-order valence-electron chi connectivity index (χ0n) is 10.7. The molecule has 0 spiro atoms. The minimum absolute atomic E-state index is 0.0869. The average Bonchev–Trinajstić information content (AvgIpc) is 2.82. The van der Waals surface area contributed by atoms with Gasteiger partial charge in [-0.1, -0.05) is 0 Å². The van der Waals surface area contributed by atoms with Crippen molar-refractivity contribution in [3.63, 3.8) is 0 Å². The third-order valence-corrected chi connectivity index (χ3v) is 3.30. The summed E-state index contributed by atoms with van der Waals surface area (Å²) >= 11 is 0. The normalized spacial score (nSPS) is 20.6. The van der Waals surface area contributed by atoms with E-state index in [1.165, 1.54) is 6.07 Å². The maximum absolute atomic E-state index is 12.8. The SMILES string of the molecule is C[C@@H]1CNCCN1c1ccc2nnc(C(F)(F)F)n2n1. The number of hydrogen-bond donors (Lipinski definition) is 1.